The predicted molar refractivity (Wildman–Crippen MR) is 69.2 cm³/mol. The van der Waals surface area contributed by atoms with Gasteiger partial charge in [0, 0.05) is 37.9 Å². The highest BCUT2D eigenvalue weighted by Gasteiger charge is 1.97. The first-order chi connectivity index (χ1) is 8.36. The number of rotatable bonds is 6. The van der Waals surface area contributed by atoms with Crippen LogP contribution in [0.5, 0.6) is 0 Å². The van der Waals surface area contributed by atoms with Crippen LogP contribution in [0.25, 0.3) is 0 Å². The van der Waals surface area contributed by atoms with Crippen LogP contribution in [-0.4, -0.2) is 21.1 Å². The maximum absolute atomic E-state index is 5.98. The number of aromatic nitrogens is 3. The van der Waals surface area contributed by atoms with Crippen LogP contribution in [0.2, 0.25) is 5.02 Å². The van der Waals surface area contributed by atoms with Crippen molar-refractivity contribution in [3.05, 3.63) is 42.2 Å². The molecule has 2 rings (SSSR count). The van der Waals surface area contributed by atoms with Crippen LogP contribution in [0, 0.1) is 0 Å². The molecule has 0 spiro atoms. The molecule has 0 atom stereocenters. The van der Waals surface area contributed by atoms with E-state index in [2.05, 4.69) is 19.9 Å². The van der Waals surface area contributed by atoms with E-state index in [0.717, 1.165) is 31.6 Å². The van der Waals surface area contributed by atoms with Crippen LogP contribution in [0.1, 0.15) is 12.8 Å². The third-order valence-corrected chi connectivity index (χ3v) is 2.79. The van der Waals surface area contributed by atoms with Crippen molar-refractivity contribution in [2.75, 3.05) is 11.9 Å². The first-order valence-electron chi connectivity index (χ1n) is 5.65. The zero-order valence-electron chi connectivity index (χ0n) is 9.51. The molecule has 1 N–H and O–H groups in total. The van der Waals surface area contributed by atoms with Gasteiger partial charge in [0.2, 0.25) is 0 Å². The highest BCUT2D eigenvalue weighted by molar-refractivity contribution is 6.33. The monoisotopic (exact) mass is 250 g/mol. The molecule has 4 nitrogen and oxygen atoms in total. The van der Waals surface area contributed by atoms with Crippen LogP contribution in [-0.2, 0) is 6.54 Å². The summed E-state index contributed by atoms with van der Waals surface area (Å²) < 4.78 is 2.08. The number of imidazole rings is 1. The Balaban J connectivity index is 1.65. The van der Waals surface area contributed by atoms with Gasteiger partial charge in [-0.1, -0.05) is 11.6 Å². The number of nitrogens with one attached hydrogen (secondary N) is 1. The fourth-order valence-corrected chi connectivity index (χ4v) is 1.77. The summed E-state index contributed by atoms with van der Waals surface area (Å²) in [6.07, 6.45) is 11.2. The summed E-state index contributed by atoms with van der Waals surface area (Å²) >= 11 is 5.98. The van der Waals surface area contributed by atoms with Crippen molar-refractivity contribution >= 4 is 17.3 Å². The molecule has 0 saturated heterocycles. The van der Waals surface area contributed by atoms with Crippen LogP contribution in [0.3, 0.4) is 0 Å². The molecule has 0 fully saturated rings. The Morgan fingerprint density at radius 2 is 2.18 bits per heavy atom. The van der Waals surface area contributed by atoms with Crippen LogP contribution in [0.15, 0.2) is 37.2 Å². The number of pyridine rings is 1. The van der Waals surface area contributed by atoms with Gasteiger partial charge in [0.25, 0.3) is 0 Å². The fraction of sp³-hybridized carbons (Fsp3) is 0.333. The van der Waals surface area contributed by atoms with E-state index < -0.39 is 0 Å². The molecule has 2 aromatic heterocycles. The molecule has 0 unspecified atom stereocenters. The SMILES string of the molecule is Clc1cnccc1NCCCCn1ccnc1. The van der Waals surface area contributed by atoms with Gasteiger partial charge in [-0.15, -0.1) is 0 Å². The Hall–Kier alpha value is -1.55. The van der Waals surface area contributed by atoms with Gasteiger partial charge in [0.15, 0.2) is 0 Å². The Labute approximate surface area is 106 Å². The lowest BCUT2D eigenvalue weighted by molar-refractivity contribution is 0.621. The topological polar surface area (TPSA) is 42.7 Å². The lowest BCUT2D eigenvalue weighted by atomic mass is 10.3. The van der Waals surface area contributed by atoms with Gasteiger partial charge in [-0.3, -0.25) is 4.98 Å². The highest BCUT2D eigenvalue weighted by atomic mass is 35.5. The third-order valence-electron chi connectivity index (χ3n) is 2.49. The first kappa shape index (κ1) is 11.9. The van der Waals surface area contributed by atoms with Crippen molar-refractivity contribution in [2.24, 2.45) is 0 Å². The smallest absolute Gasteiger partial charge is 0.0945 e. The third kappa shape index (κ3) is 3.75. The predicted octanol–water partition coefficient (Wildman–Crippen LogP) is 2.82. The molecule has 2 heterocycles. The second-order valence-corrected chi connectivity index (χ2v) is 4.20. The van der Waals surface area contributed by atoms with Gasteiger partial charge < -0.3 is 9.88 Å². The van der Waals surface area contributed by atoms with Gasteiger partial charge in [-0.25, -0.2) is 4.98 Å². The molecule has 5 heteroatoms. The van der Waals surface area contributed by atoms with E-state index in [4.69, 9.17) is 11.6 Å². The van der Waals surface area contributed by atoms with Gasteiger partial charge in [-0.05, 0) is 18.9 Å². The van der Waals surface area contributed by atoms with Crippen LogP contribution in [0.4, 0.5) is 5.69 Å². The maximum atomic E-state index is 5.98. The molecular formula is C12H15ClN4. The zero-order valence-corrected chi connectivity index (χ0v) is 10.3. The zero-order chi connectivity index (χ0) is 11.9. The normalized spacial score (nSPS) is 10.4. The standard InChI is InChI=1S/C12H15ClN4/c13-11-9-14-5-3-12(11)16-4-1-2-7-17-8-6-15-10-17/h3,5-6,8-10H,1-2,4,7H2,(H,14,16). The molecule has 0 amide bonds. The van der Waals surface area contributed by atoms with E-state index in [1.54, 1.807) is 18.6 Å². The number of halogens is 1. The number of unbranched alkanes of at least 4 members (excludes halogenated alkanes) is 1. The lowest BCUT2D eigenvalue weighted by Crippen LogP contribution is -2.04. The summed E-state index contributed by atoms with van der Waals surface area (Å²) in [5.41, 5.74) is 0.948. The number of aryl methyl sites for hydroxylation is 1. The van der Waals surface area contributed by atoms with E-state index in [9.17, 15) is 0 Å². The average Bonchev–Trinajstić information content (AvgIpc) is 2.84. The average molecular weight is 251 g/mol. The molecule has 0 aliphatic heterocycles. The van der Waals surface area contributed by atoms with Crippen molar-refractivity contribution in [2.45, 2.75) is 19.4 Å². The fourth-order valence-electron chi connectivity index (χ4n) is 1.58. The summed E-state index contributed by atoms with van der Waals surface area (Å²) in [5.74, 6) is 0. The molecule has 0 aliphatic rings. The van der Waals surface area contributed by atoms with Crippen molar-refractivity contribution in [3.63, 3.8) is 0 Å². The Morgan fingerprint density at radius 1 is 1.24 bits per heavy atom. The molecule has 0 aromatic carbocycles. The van der Waals surface area contributed by atoms with Crippen molar-refractivity contribution < 1.29 is 0 Å². The van der Waals surface area contributed by atoms with Crippen molar-refractivity contribution in [1.82, 2.24) is 14.5 Å². The largest absolute Gasteiger partial charge is 0.384 e. The number of anilines is 1. The first-order valence-corrected chi connectivity index (χ1v) is 6.03. The number of hydrogen-bond donors (Lipinski definition) is 1. The summed E-state index contributed by atoms with van der Waals surface area (Å²) in [6.45, 7) is 1.92. The molecule has 0 bridgehead atoms. The molecule has 90 valence electrons. The number of hydrogen-bond acceptors (Lipinski definition) is 3. The van der Waals surface area contributed by atoms with Crippen molar-refractivity contribution in [3.8, 4) is 0 Å². The highest BCUT2D eigenvalue weighted by Crippen LogP contribution is 2.18. The molecule has 2 aromatic rings. The van der Waals surface area contributed by atoms with E-state index in [1.807, 2.05) is 18.6 Å². The van der Waals surface area contributed by atoms with E-state index >= 15 is 0 Å². The second kappa shape index (κ2) is 6.25. The van der Waals surface area contributed by atoms with E-state index in [0.29, 0.717) is 5.02 Å². The van der Waals surface area contributed by atoms with Gasteiger partial charge >= 0.3 is 0 Å². The Bertz CT molecular complexity index is 442. The summed E-state index contributed by atoms with van der Waals surface area (Å²) in [6, 6.07) is 1.89. The van der Waals surface area contributed by atoms with Gasteiger partial charge in [-0.2, -0.15) is 0 Å². The Morgan fingerprint density at radius 3 is 2.94 bits per heavy atom. The quantitative estimate of drug-likeness (QED) is 0.802. The summed E-state index contributed by atoms with van der Waals surface area (Å²) in [7, 11) is 0. The molecule has 17 heavy (non-hydrogen) atoms. The molecule has 0 aliphatic carbocycles. The lowest BCUT2D eigenvalue weighted by Gasteiger charge is -2.07. The second-order valence-electron chi connectivity index (χ2n) is 3.79. The van der Waals surface area contributed by atoms with Crippen LogP contribution >= 0.6 is 11.6 Å². The molecule has 0 saturated carbocycles. The van der Waals surface area contributed by atoms with Crippen molar-refractivity contribution in [1.29, 1.82) is 0 Å². The minimum atomic E-state index is 0.669. The summed E-state index contributed by atoms with van der Waals surface area (Å²) in [4.78, 5) is 7.94. The summed E-state index contributed by atoms with van der Waals surface area (Å²) in [5, 5.41) is 3.96. The van der Waals surface area contributed by atoms with Gasteiger partial charge in [0.05, 0.1) is 17.0 Å². The van der Waals surface area contributed by atoms with Gasteiger partial charge in [0.1, 0.15) is 0 Å². The van der Waals surface area contributed by atoms with Crippen LogP contribution < -0.4 is 5.32 Å². The minimum Gasteiger partial charge on any atom is -0.384 e. The number of nitrogens with zero attached hydrogens (tertiary/aromatic N) is 3. The molecule has 0 radical (unpaired) electrons. The Kier molecular flexibility index (Phi) is 4.38. The molecular weight excluding hydrogens is 236 g/mol. The van der Waals surface area contributed by atoms with E-state index in [1.165, 1.54) is 0 Å². The minimum absolute atomic E-state index is 0.669. The van der Waals surface area contributed by atoms with E-state index in [-0.39, 0.29) is 0 Å². The maximum Gasteiger partial charge on any atom is 0.0945 e.